The van der Waals surface area contributed by atoms with Gasteiger partial charge in [0.15, 0.2) is 0 Å². The Labute approximate surface area is 117 Å². The van der Waals surface area contributed by atoms with Crippen molar-refractivity contribution in [3.8, 4) is 0 Å². The molecule has 0 saturated carbocycles. The van der Waals surface area contributed by atoms with Gasteiger partial charge >= 0.3 is 0 Å². The second-order valence-electron chi connectivity index (χ2n) is 5.07. The average molecular weight is 266 g/mol. The van der Waals surface area contributed by atoms with Gasteiger partial charge in [-0.05, 0) is 36.6 Å². The van der Waals surface area contributed by atoms with Gasteiger partial charge in [-0.2, -0.15) is 0 Å². The Bertz CT molecular complexity index is 667. The first-order valence-corrected chi connectivity index (χ1v) is 7.31. The highest BCUT2D eigenvalue weighted by Crippen LogP contribution is 2.42. The van der Waals surface area contributed by atoms with Crippen molar-refractivity contribution in [1.29, 1.82) is 0 Å². The Kier molecular flexibility index (Phi) is 2.42. The van der Waals surface area contributed by atoms with Gasteiger partial charge in [-0.15, -0.1) is 0 Å². The van der Waals surface area contributed by atoms with E-state index < -0.39 is 0 Å². The zero-order valence-electron chi connectivity index (χ0n) is 10.6. The molecule has 3 heteroatoms. The van der Waals surface area contributed by atoms with Gasteiger partial charge in [-0.3, -0.25) is 4.99 Å². The van der Waals surface area contributed by atoms with Crippen molar-refractivity contribution in [1.82, 2.24) is 4.72 Å². The molecule has 1 aliphatic carbocycles. The summed E-state index contributed by atoms with van der Waals surface area (Å²) in [5.74, 6) is 0.405. The van der Waals surface area contributed by atoms with Crippen LogP contribution in [0.15, 0.2) is 63.7 Å². The molecule has 0 radical (unpaired) electrons. The molecule has 94 valence electrons. The summed E-state index contributed by atoms with van der Waals surface area (Å²) in [5, 5.41) is 0. The molecule has 1 N–H and O–H groups in total. The summed E-state index contributed by atoms with van der Waals surface area (Å²) in [5.41, 5.74) is 5.24. The lowest BCUT2D eigenvalue weighted by molar-refractivity contribution is 0.606. The number of dihydropyridines is 1. The van der Waals surface area contributed by atoms with E-state index in [0.29, 0.717) is 5.92 Å². The summed E-state index contributed by atoms with van der Waals surface area (Å²) in [6.07, 6.45) is 8.59. The van der Waals surface area contributed by atoms with Crippen molar-refractivity contribution < 1.29 is 0 Å². The van der Waals surface area contributed by atoms with Crippen LogP contribution in [0.5, 0.6) is 0 Å². The minimum absolute atomic E-state index is 0.214. The summed E-state index contributed by atoms with van der Waals surface area (Å²) >= 11 is 1.70. The summed E-state index contributed by atoms with van der Waals surface area (Å²) < 4.78 is 3.50. The maximum Gasteiger partial charge on any atom is 0.101 e. The molecule has 3 aliphatic rings. The number of hydrogen-bond donors (Lipinski definition) is 1. The molecular formula is C16H14N2S. The Hall–Kier alpha value is -1.74. The van der Waals surface area contributed by atoms with Gasteiger partial charge in [0, 0.05) is 22.6 Å². The number of fused-ring (bicyclic) bond motifs is 4. The van der Waals surface area contributed by atoms with Crippen molar-refractivity contribution in [3.63, 3.8) is 0 Å². The SMILES string of the molecule is CC1=CC=NC2C3=C(C=C[C@H]12)c1ccccc1SN3. The van der Waals surface area contributed by atoms with Crippen molar-refractivity contribution >= 4 is 23.7 Å². The second kappa shape index (κ2) is 4.14. The van der Waals surface area contributed by atoms with E-state index >= 15 is 0 Å². The molecule has 2 nitrogen and oxygen atoms in total. The Morgan fingerprint density at radius 1 is 1.26 bits per heavy atom. The van der Waals surface area contributed by atoms with Crippen LogP contribution in [0.25, 0.3) is 5.57 Å². The van der Waals surface area contributed by atoms with Gasteiger partial charge in [0.25, 0.3) is 0 Å². The van der Waals surface area contributed by atoms with Crippen LogP contribution in [-0.4, -0.2) is 12.3 Å². The lowest BCUT2D eigenvalue weighted by Crippen LogP contribution is -2.32. The highest BCUT2D eigenvalue weighted by molar-refractivity contribution is 7.97. The normalized spacial score (nSPS) is 27.1. The molecule has 1 aromatic rings. The number of hydrogen-bond acceptors (Lipinski definition) is 3. The molecule has 19 heavy (non-hydrogen) atoms. The average Bonchev–Trinajstić information content (AvgIpc) is 2.47. The van der Waals surface area contributed by atoms with E-state index in [2.05, 4.69) is 59.1 Å². The van der Waals surface area contributed by atoms with Crippen LogP contribution in [0.3, 0.4) is 0 Å². The quantitative estimate of drug-likeness (QED) is 0.726. The minimum atomic E-state index is 0.214. The summed E-state index contributed by atoms with van der Waals surface area (Å²) in [7, 11) is 0. The molecular weight excluding hydrogens is 252 g/mol. The topological polar surface area (TPSA) is 24.4 Å². The van der Waals surface area contributed by atoms with Crippen LogP contribution in [0.2, 0.25) is 0 Å². The number of nitrogens with one attached hydrogen (secondary N) is 1. The summed E-state index contributed by atoms with van der Waals surface area (Å²) in [4.78, 5) is 5.96. The van der Waals surface area contributed by atoms with E-state index in [4.69, 9.17) is 0 Å². The maximum atomic E-state index is 4.67. The van der Waals surface area contributed by atoms with Gasteiger partial charge < -0.3 is 4.72 Å². The molecule has 2 aliphatic heterocycles. The number of benzene rings is 1. The standard InChI is InChI=1S/C16H14N2S/c1-10-8-9-17-15-11(10)6-7-13-12-4-2-3-5-14(12)19-18-16(13)15/h2-9,11,15,18H,1H3/t11-,15?/m1/s1. The van der Waals surface area contributed by atoms with E-state index in [1.165, 1.54) is 27.3 Å². The van der Waals surface area contributed by atoms with Gasteiger partial charge in [-0.25, -0.2) is 0 Å². The highest BCUT2D eigenvalue weighted by atomic mass is 32.2. The van der Waals surface area contributed by atoms with Crippen LogP contribution in [0, 0.1) is 5.92 Å². The smallest absolute Gasteiger partial charge is 0.101 e. The molecule has 2 atom stereocenters. The minimum Gasteiger partial charge on any atom is -0.327 e. The van der Waals surface area contributed by atoms with Gasteiger partial charge in [0.1, 0.15) is 6.04 Å². The molecule has 4 rings (SSSR count). The Balaban J connectivity index is 1.86. The molecule has 1 unspecified atom stereocenters. The second-order valence-corrected chi connectivity index (χ2v) is 5.91. The third-order valence-corrected chi connectivity index (χ3v) is 4.85. The van der Waals surface area contributed by atoms with Gasteiger partial charge in [0.05, 0.1) is 5.70 Å². The fraction of sp³-hybridized carbons (Fsp3) is 0.188. The maximum absolute atomic E-state index is 4.67. The lowest BCUT2D eigenvalue weighted by Gasteiger charge is -2.34. The first kappa shape index (κ1) is 11.1. The Morgan fingerprint density at radius 2 is 2.16 bits per heavy atom. The van der Waals surface area contributed by atoms with Crippen molar-refractivity contribution in [3.05, 3.63) is 59.3 Å². The predicted molar refractivity (Wildman–Crippen MR) is 81.0 cm³/mol. The molecule has 0 saturated heterocycles. The van der Waals surface area contributed by atoms with Gasteiger partial charge in [-0.1, -0.05) is 35.9 Å². The Morgan fingerprint density at radius 3 is 3.11 bits per heavy atom. The largest absolute Gasteiger partial charge is 0.327 e. The molecule has 1 aromatic carbocycles. The molecule has 0 spiro atoms. The molecule has 0 fully saturated rings. The number of rotatable bonds is 0. The number of aliphatic imine (C=N–C) groups is 1. The summed E-state index contributed by atoms with van der Waals surface area (Å²) in [6, 6.07) is 8.75. The fourth-order valence-corrected chi connectivity index (χ4v) is 3.79. The van der Waals surface area contributed by atoms with E-state index in [-0.39, 0.29) is 6.04 Å². The zero-order valence-corrected chi connectivity index (χ0v) is 11.4. The van der Waals surface area contributed by atoms with Crippen molar-refractivity contribution in [2.24, 2.45) is 10.9 Å². The molecule has 2 heterocycles. The lowest BCUT2D eigenvalue weighted by atomic mass is 9.81. The zero-order chi connectivity index (χ0) is 12.8. The third kappa shape index (κ3) is 1.61. The van der Waals surface area contributed by atoms with Crippen molar-refractivity contribution in [2.45, 2.75) is 17.9 Å². The van der Waals surface area contributed by atoms with Gasteiger partial charge in [0.2, 0.25) is 0 Å². The van der Waals surface area contributed by atoms with Crippen LogP contribution >= 0.6 is 11.9 Å². The predicted octanol–water partition coefficient (Wildman–Crippen LogP) is 3.59. The third-order valence-electron chi connectivity index (χ3n) is 3.95. The molecule has 0 bridgehead atoms. The molecule has 0 aromatic heterocycles. The fourth-order valence-electron chi connectivity index (χ4n) is 2.90. The van der Waals surface area contributed by atoms with Crippen LogP contribution in [0.1, 0.15) is 12.5 Å². The van der Waals surface area contributed by atoms with Crippen LogP contribution < -0.4 is 4.72 Å². The number of nitrogens with zero attached hydrogens (tertiary/aromatic N) is 1. The van der Waals surface area contributed by atoms with E-state index in [0.717, 1.165) is 0 Å². The first-order valence-electron chi connectivity index (χ1n) is 6.49. The highest BCUT2D eigenvalue weighted by Gasteiger charge is 2.33. The van der Waals surface area contributed by atoms with Crippen LogP contribution in [-0.2, 0) is 0 Å². The molecule has 0 amide bonds. The summed E-state index contributed by atoms with van der Waals surface area (Å²) in [6.45, 7) is 2.18. The monoisotopic (exact) mass is 266 g/mol. The van der Waals surface area contributed by atoms with Crippen LogP contribution in [0.4, 0.5) is 0 Å². The van der Waals surface area contributed by atoms with E-state index in [1.54, 1.807) is 11.9 Å². The van der Waals surface area contributed by atoms with E-state index in [1.807, 2.05) is 6.21 Å². The number of allylic oxidation sites excluding steroid dienone is 3. The van der Waals surface area contributed by atoms with Crippen molar-refractivity contribution in [2.75, 3.05) is 0 Å². The first-order chi connectivity index (χ1) is 9.34. The van der Waals surface area contributed by atoms with E-state index in [9.17, 15) is 0 Å².